The van der Waals surface area contributed by atoms with Gasteiger partial charge in [0.15, 0.2) is 0 Å². The first-order chi connectivity index (χ1) is 12.5. The predicted molar refractivity (Wildman–Crippen MR) is 99.7 cm³/mol. The fourth-order valence-corrected chi connectivity index (χ4v) is 5.08. The highest BCUT2D eigenvalue weighted by atomic mass is 32.1. The van der Waals surface area contributed by atoms with Crippen molar-refractivity contribution < 1.29 is 19.1 Å². The van der Waals surface area contributed by atoms with E-state index in [1.54, 1.807) is 13.8 Å². The predicted octanol–water partition coefficient (Wildman–Crippen LogP) is 2.02. The largest absolute Gasteiger partial charge is 0.462 e. The van der Waals surface area contributed by atoms with E-state index in [-0.39, 0.29) is 24.0 Å². The molecule has 3 rings (SSSR count). The maximum atomic E-state index is 12.5. The lowest BCUT2D eigenvalue weighted by molar-refractivity contribution is -0.120. The first kappa shape index (κ1) is 18.8. The molecular formula is C18H25N3O4S. The summed E-state index contributed by atoms with van der Waals surface area (Å²) in [6, 6.07) is 0.525. The van der Waals surface area contributed by atoms with E-state index in [4.69, 9.17) is 4.74 Å². The summed E-state index contributed by atoms with van der Waals surface area (Å²) in [7, 11) is 1.53. The van der Waals surface area contributed by atoms with Gasteiger partial charge in [0.2, 0.25) is 5.91 Å². The van der Waals surface area contributed by atoms with Crippen LogP contribution in [0.2, 0.25) is 0 Å². The molecule has 2 heterocycles. The molecule has 8 heteroatoms. The second-order valence-electron chi connectivity index (χ2n) is 6.80. The van der Waals surface area contributed by atoms with Gasteiger partial charge in [-0.3, -0.25) is 14.5 Å². The number of thiophene rings is 1. The highest BCUT2D eigenvalue weighted by molar-refractivity contribution is 7.18. The molecule has 2 fully saturated rings. The van der Waals surface area contributed by atoms with E-state index in [0.29, 0.717) is 28.0 Å². The van der Waals surface area contributed by atoms with E-state index >= 15 is 0 Å². The number of carbonyl (C=O) groups is 3. The molecule has 2 amide bonds. The monoisotopic (exact) mass is 379 g/mol. The lowest BCUT2D eigenvalue weighted by Gasteiger charge is -2.44. The molecule has 2 N–H and O–H groups in total. The minimum absolute atomic E-state index is 0.161. The Morgan fingerprint density at radius 1 is 1.31 bits per heavy atom. The molecule has 0 radical (unpaired) electrons. The van der Waals surface area contributed by atoms with Crippen LogP contribution in [0.1, 0.15) is 51.8 Å². The van der Waals surface area contributed by atoms with Crippen LogP contribution in [0.5, 0.6) is 0 Å². The van der Waals surface area contributed by atoms with Gasteiger partial charge >= 0.3 is 5.97 Å². The molecule has 1 aliphatic carbocycles. The zero-order valence-electron chi connectivity index (χ0n) is 15.4. The standard InChI is InChI=1S/C18H25N3O4S/c1-4-25-18(24)14-10(2)15(16(23)19-3)26-17(14)20-13(22)9-21-8-11-6-5-7-12(11)21/h11-12H,4-9H2,1-3H3,(H,19,23)(H,20,22)/t11-,12+/m1/s1. The number of ether oxygens (including phenoxy) is 1. The molecule has 0 aromatic carbocycles. The van der Waals surface area contributed by atoms with Crippen LogP contribution in [0.4, 0.5) is 5.00 Å². The van der Waals surface area contributed by atoms with E-state index in [2.05, 4.69) is 15.5 Å². The maximum Gasteiger partial charge on any atom is 0.341 e. The third-order valence-corrected chi connectivity index (χ3v) is 6.42. The van der Waals surface area contributed by atoms with Crippen molar-refractivity contribution in [3.63, 3.8) is 0 Å². The van der Waals surface area contributed by atoms with E-state index in [1.165, 1.54) is 19.9 Å². The van der Waals surface area contributed by atoms with Gasteiger partial charge in [-0.25, -0.2) is 4.79 Å². The topological polar surface area (TPSA) is 87.7 Å². The maximum absolute atomic E-state index is 12.5. The molecule has 1 aromatic rings. The number of esters is 1. The minimum Gasteiger partial charge on any atom is -0.462 e. The molecule has 1 saturated heterocycles. The molecule has 2 atom stereocenters. The number of hydrogen-bond donors (Lipinski definition) is 2. The highest BCUT2D eigenvalue weighted by Crippen LogP contribution is 2.39. The molecule has 1 aliphatic heterocycles. The van der Waals surface area contributed by atoms with Crippen molar-refractivity contribution in [2.24, 2.45) is 5.92 Å². The molecule has 26 heavy (non-hydrogen) atoms. The van der Waals surface area contributed by atoms with Crippen LogP contribution < -0.4 is 10.6 Å². The van der Waals surface area contributed by atoms with Crippen molar-refractivity contribution in [2.45, 2.75) is 39.2 Å². The molecule has 0 unspecified atom stereocenters. The molecule has 0 spiro atoms. The summed E-state index contributed by atoms with van der Waals surface area (Å²) in [4.78, 5) is 39.5. The van der Waals surface area contributed by atoms with Crippen molar-refractivity contribution in [2.75, 3.05) is 32.1 Å². The van der Waals surface area contributed by atoms with Crippen LogP contribution in [-0.4, -0.2) is 55.5 Å². The third kappa shape index (κ3) is 3.48. The Kier molecular flexibility index (Phi) is 5.62. The van der Waals surface area contributed by atoms with Gasteiger partial charge in [0.05, 0.1) is 23.6 Å². The fraction of sp³-hybridized carbons (Fsp3) is 0.611. The molecule has 1 aromatic heterocycles. The van der Waals surface area contributed by atoms with Crippen LogP contribution >= 0.6 is 11.3 Å². The summed E-state index contributed by atoms with van der Waals surface area (Å²) in [5.41, 5.74) is 0.800. The van der Waals surface area contributed by atoms with Gasteiger partial charge < -0.3 is 15.4 Å². The first-order valence-corrected chi connectivity index (χ1v) is 9.84. The van der Waals surface area contributed by atoms with Gasteiger partial charge in [-0.2, -0.15) is 0 Å². The number of amides is 2. The molecule has 2 aliphatic rings. The van der Waals surface area contributed by atoms with Gasteiger partial charge in [0, 0.05) is 19.6 Å². The number of carbonyl (C=O) groups excluding carboxylic acids is 3. The summed E-state index contributed by atoms with van der Waals surface area (Å²) < 4.78 is 5.10. The number of fused-ring (bicyclic) bond motifs is 1. The molecule has 0 bridgehead atoms. The Balaban J connectivity index is 1.75. The Labute approximate surface area is 157 Å². The van der Waals surface area contributed by atoms with Gasteiger partial charge in [-0.05, 0) is 38.2 Å². The Bertz CT molecular complexity index is 730. The number of nitrogens with zero attached hydrogens (tertiary/aromatic N) is 1. The summed E-state index contributed by atoms with van der Waals surface area (Å²) in [6.07, 6.45) is 3.65. The molecule has 7 nitrogen and oxygen atoms in total. The SMILES string of the molecule is CCOC(=O)c1c(NC(=O)CN2C[C@H]3CCC[C@@H]32)sc(C(=O)NC)c1C. The van der Waals surface area contributed by atoms with Crippen LogP contribution in [0, 0.1) is 12.8 Å². The summed E-state index contributed by atoms with van der Waals surface area (Å²) >= 11 is 1.11. The van der Waals surface area contributed by atoms with Crippen LogP contribution in [-0.2, 0) is 9.53 Å². The average molecular weight is 379 g/mol. The van der Waals surface area contributed by atoms with Crippen molar-refractivity contribution in [3.8, 4) is 0 Å². The fourth-order valence-electron chi connectivity index (χ4n) is 3.92. The Morgan fingerprint density at radius 3 is 2.73 bits per heavy atom. The normalized spacial score (nSPS) is 21.7. The lowest BCUT2D eigenvalue weighted by atomic mass is 9.92. The van der Waals surface area contributed by atoms with E-state index < -0.39 is 5.97 Å². The highest BCUT2D eigenvalue weighted by Gasteiger charge is 2.42. The van der Waals surface area contributed by atoms with E-state index in [9.17, 15) is 14.4 Å². The number of rotatable bonds is 6. The van der Waals surface area contributed by atoms with Gasteiger partial charge in [-0.15, -0.1) is 11.3 Å². The average Bonchev–Trinajstić information content (AvgIpc) is 3.12. The van der Waals surface area contributed by atoms with Crippen LogP contribution in [0.15, 0.2) is 0 Å². The molecule has 142 valence electrons. The van der Waals surface area contributed by atoms with Crippen molar-refractivity contribution >= 4 is 34.1 Å². The summed E-state index contributed by atoms with van der Waals surface area (Å²) in [6.45, 7) is 4.93. The lowest BCUT2D eigenvalue weighted by Crippen LogP contribution is -2.55. The number of hydrogen-bond acceptors (Lipinski definition) is 6. The zero-order valence-corrected chi connectivity index (χ0v) is 16.2. The van der Waals surface area contributed by atoms with Crippen LogP contribution in [0.25, 0.3) is 0 Å². The summed E-state index contributed by atoms with van der Waals surface area (Å²) in [5.74, 6) is -0.228. The second kappa shape index (κ2) is 7.75. The van der Waals surface area contributed by atoms with Crippen molar-refractivity contribution in [1.82, 2.24) is 10.2 Å². The number of likely N-dealkylation sites (tertiary alicyclic amines) is 1. The van der Waals surface area contributed by atoms with Crippen molar-refractivity contribution in [1.29, 1.82) is 0 Å². The first-order valence-electron chi connectivity index (χ1n) is 9.02. The van der Waals surface area contributed by atoms with Gasteiger partial charge in [0.1, 0.15) is 5.00 Å². The zero-order chi connectivity index (χ0) is 18.8. The minimum atomic E-state index is -0.522. The summed E-state index contributed by atoms with van der Waals surface area (Å²) in [5, 5.41) is 5.77. The second-order valence-corrected chi connectivity index (χ2v) is 7.82. The third-order valence-electron chi connectivity index (χ3n) is 5.22. The molecule has 1 saturated carbocycles. The van der Waals surface area contributed by atoms with Crippen LogP contribution in [0.3, 0.4) is 0 Å². The number of nitrogens with one attached hydrogen (secondary N) is 2. The Morgan fingerprint density at radius 2 is 2.08 bits per heavy atom. The van der Waals surface area contributed by atoms with E-state index in [0.717, 1.165) is 30.2 Å². The Hall–Kier alpha value is -1.93. The molecular weight excluding hydrogens is 354 g/mol. The quantitative estimate of drug-likeness (QED) is 0.739. The van der Waals surface area contributed by atoms with Gasteiger partial charge in [-0.1, -0.05) is 6.42 Å². The van der Waals surface area contributed by atoms with Crippen molar-refractivity contribution in [3.05, 3.63) is 16.0 Å². The smallest absolute Gasteiger partial charge is 0.341 e. The van der Waals surface area contributed by atoms with E-state index in [1.807, 2.05) is 0 Å². The number of anilines is 1. The van der Waals surface area contributed by atoms with Gasteiger partial charge in [0.25, 0.3) is 5.91 Å².